The lowest BCUT2D eigenvalue weighted by Gasteiger charge is -2.26. The van der Waals surface area contributed by atoms with Crippen molar-refractivity contribution in [1.82, 2.24) is 24.6 Å². The fraction of sp³-hybridized carbons (Fsp3) is 0.556. The summed E-state index contributed by atoms with van der Waals surface area (Å²) in [4.78, 5) is 27.3. The number of fused-ring (bicyclic) bond motifs is 1. The highest BCUT2D eigenvalue weighted by atomic mass is 16.2. The second kappa shape index (κ2) is 9.72. The van der Waals surface area contributed by atoms with Crippen LogP contribution in [0.5, 0.6) is 0 Å². The number of rotatable bonds is 5. The molecule has 1 aliphatic rings. The van der Waals surface area contributed by atoms with Gasteiger partial charge < -0.3 is 9.80 Å². The minimum Gasteiger partial charge on any atom is -0.354 e. The number of benzene rings is 1. The third-order valence-corrected chi connectivity index (χ3v) is 6.15. The lowest BCUT2D eigenvalue weighted by Crippen LogP contribution is -2.37. The minimum atomic E-state index is -0.00320. The lowest BCUT2D eigenvalue weighted by atomic mass is 9.91. The maximum atomic E-state index is 12.9. The van der Waals surface area contributed by atoms with Gasteiger partial charge in [-0.2, -0.15) is 5.10 Å². The van der Waals surface area contributed by atoms with Crippen molar-refractivity contribution in [2.45, 2.75) is 60.8 Å². The van der Waals surface area contributed by atoms with Crippen LogP contribution in [0.4, 0.5) is 5.82 Å². The highest BCUT2D eigenvalue weighted by Crippen LogP contribution is 2.30. The molecule has 4 rings (SSSR count). The molecule has 1 saturated heterocycles. The zero-order valence-corrected chi connectivity index (χ0v) is 21.5. The Morgan fingerprint density at radius 2 is 1.76 bits per heavy atom. The van der Waals surface area contributed by atoms with E-state index in [0.29, 0.717) is 18.9 Å². The number of hydrogen-bond donors (Lipinski definition) is 0. The molecule has 0 bridgehead atoms. The summed E-state index contributed by atoms with van der Waals surface area (Å²) in [6.45, 7) is 15.9. The summed E-state index contributed by atoms with van der Waals surface area (Å²) in [6.07, 6.45) is 2.31. The van der Waals surface area contributed by atoms with E-state index in [1.165, 1.54) is 0 Å². The van der Waals surface area contributed by atoms with Crippen molar-refractivity contribution < 1.29 is 4.79 Å². The van der Waals surface area contributed by atoms with Crippen LogP contribution >= 0.6 is 0 Å². The van der Waals surface area contributed by atoms with Crippen molar-refractivity contribution in [3.05, 3.63) is 41.9 Å². The summed E-state index contributed by atoms with van der Waals surface area (Å²) >= 11 is 0. The first-order valence-corrected chi connectivity index (χ1v) is 12.5. The Hall–Kier alpha value is -2.96. The van der Waals surface area contributed by atoms with Crippen molar-refractivity contribution in [2.24, 2.45) is 11.3 Å². The number of para-hydroxylation sites is 1. The smallest absolute Gasteiger partial charge is 0.223 e. The summed E-state index contributed by atoms with van der Waals surface area (Å²) in [5, 5.41) is 5.87. The third-order valence-electron chi connectivity index (χ3n) is 6.15. The Balaban J connectivity index is 1.71. The molecule has 2 aromatic heterocycles. The van der Waals surface area contributed by atoms with E-state index >= 15 is 0 Å². The van der Waals surface area contributed by atoms with Gasteiger partial charge in [-0.15, -0.1) is 0 Å². The van der Waals surface area contributed by atoms with Crippen molar-refractivity contribution in [3.63, 3.8) is 0 Å². The minimum absolute atomic E-state index is 0.00320. The maximum absolute atomic E-state index is 12.9. The van der Waals surface area contributed by atoms with E-state index in [4.69, 9.17) is 15.1 Å². The van der Waals surface area contributed by atoms with Crippen molar-refractivity contribution in [1.29, 1.82) is 0 Å². The molecule has 7 nitrogen and oxygen atoms in total. The summed E-state index contributed by atoms with van der Waals surface area (Å²) in [7, 11) is 0. The van der Waals surface area contributed by atoms with Gasteiger partial charge in [-0.3, -0.25) is 4.79 Å². The van der Waals surface area contributed by atoms with Gasteiger partial charge in [-0.1, -0.05) is 52.8 Å². The highest BCUT2D eigenvalue weighted by Gasteiger charge is 2.26. The zero-order valence-electron chi connectivity index (χ0n) is 21.5. The predicted octanol–water partition coefficient (Wildman–Crippen LogP) is 4.80. The van der Waals surface area contributed by atoms with Crippen LogP contribution in [-0.2, 0) is 11.2 Å². The Morgan fingerprint density at radius 3 is 2.44 bits per heavy atom. The first-order valence-electron chi connectivity index (χ1n) is 12.5. The largest absolute Gasteiger partial charge is 0.354 e. The quantitative estimate of drug-likeness (QED) is 0.545. The Kier molecular flexibility index (Phi) is 6.91. The van der Waals surface area contributed by atoms with Crippen LogP contribution in [0.1, 0.15) is 59.0 Å². The molecular weight excluding hydrogens is 424 g/mol. The molecular formula is C27H38N6O. The summed E-state index contributed by atoms with van der Waals surface area (Å²) < 4.78 is 1.94. The topological polar surface area (TPSA) is 67.2 Å². The standard InChI is InChI=1S/C27H38N6O/c1-19(2)17-22-28-25(32-14-10-13-31(15-16-32)23(34)18-27(4,5)6)24-20(3)30-33(26(24)29-22)21-11-8-7-9-12-21/h7-9,11-12,19H,10,13-18H2,1-6H3. The normalized spacial score (nSPS) is 15.3. The van der Waals surface area contributed by atoms with E-state index in [1.54, 1.807) is 0 Å². The summed E-state index contributed by atoms with van der Waals surface area (Å²) in [5.41, 5.74) is 2.77. The van der Waals surface area contributed by atoms with Crippen LogP contribution < -0.4 is 4.90 Å². The second-order valence-electron chi connectivity index (χ2n) is 11.1. The third kappa shape index (κ3) is 5.40. The second-order valence-corrected chi connectivity index (χ2v) is 11.1. The molecule has 1 aliphatic heterocycles. The number of nitrogens with zero attached hydrogens (tertiary/aromatic N) is 6. The van der Waals surface area contributed by atoms with Gasteiger partial charge in [0.25, 0.3) is 0 Å². The average molecular weight is 463 g/mol. The average Bonchev–Trinajstić information content (AvgIpc) is 2.94. The Bertz CT molecular complexity index is 1150. The van der Waals surface area contributed by atoms with Crippen molar-refractivity contribution >= 4 is 22.8 Å². The molecule has 0 N–H and O–H groups in total. The zero-order chi connectivity index (χ0) is 24.5. The fourth-order valence-electron chi connectivity index (χ4n) is 4.58. The number of carbonyl (C=O) groups excluding carboxylic acids is 1. The molecule has 0 aliphatic carbocycles. The van der Waals surface area contributed by atoms with Crippen LogP contribution in [-0.4, -0.2) is 56.7 Å². The highest BCUT2D eigenvalue weighted by molar-refractivity contribution is 5.91. The molecule has 34 heavy (non-hydrogen) atoms. The molecule has 0 unspecified atom stereocenters. The molecule has 3 heterocycles. The van der Waals surface area contributed by atoms with Gasteiger partial charge in [0.1, 0.15) is 11.6 Å². The van der Waals surface area contributed by atoms with Crippen LogP contribution in [0, 0.1) is 18.3 Å². The molecule has 0 radical (unpaired) electrons. The summed E-state index contributed by atoms with van der Waals surface area (Å²) in [5.74, 6) is 2.50. The SMILES string of the molecule is Cc1nn(-c2ccccc2)c2nc(CC(C)C)nc(N3CCCN(C(=O)CC(C)(C)C)CC3)c12. The van der Waals surface area contributed by atoms with E-state index in [-0.39, 0.29) is 11.3 Å². The van der Waals surface area contributed by atoms with Gasteiger partial charge in [0.15, 0.2) is 5.65 Å². The Morgan fingerprint density at radius 1 is 1.03 bits per heavy atom. The summed E-state index contributed by atoms with van der Waals surface area (Å²) in [6, 6.07) is 10.2. The molecule has 1 fully saturated rings. The van der Waals surface area contributed by atoms with E-state index in [0.717, 1.165) is 66.5 Å². The molecule has 1 aromatic carbocycles. The number of aryl methyl sites for hydroxylation is 1. The van der Waals surface area contributed by atoms with Gasteiger partial charge in [-0.25, -0.2) is 14.6 Å². The Labute approximate surface area is 203 Å². The van der Waals surface area contributed by atoms with Gasteiger partial charge in [0.05, 0.1) is 16.8 Å². The van der Waals surface area contributed by atoms with Crippen molar-refractivity contribution in [3.8, 4) is 5.69 Å². The molecule has 3 aromatic rings. The van der Waals surface area contributed by atoms with Gasteiger partial charge >= 0.3 is 0 Å². The van der Waals surface area contributed by atoms with Crippen LogP contribution in [0.2, 0.25) is 0 Å². The van der Waals surface area contributed by atoms with Gasteiger partial charge in [0, 0.05) is 39.0 Å². The molecule has 7 heteroatoms. The number of hydrogen-bond acceptors (Lipinski definition) is 5. The molecule has 182 valence electrons. The van der Waals surface area contributed by atoms with Crippen LogP contribution in [0.25, 0.3) is 16.7 Å². The van der Waals surface area contributed by atoms with E-state index in [9.17, 15) is 4.79 Å². The number of carbonyl (C=O) groups is 1. The fourth-order valence-corrected chi connectivity index (χ4v) is 4.58. The molecule has 1 amide bonds. The first-order chi connectivity index (χ1) is 16.1. The molecule has 0 atom stereocenters. The van der Waals surface area contributed by atoms with E-state index in [2.05, 4.69) is 51.7 Å². The molecule has 0 saturated carbocycles. The number of amides is 1. The number of aromatic nitrogens is 4. The lowest BCUT2D eigenvalue weighted by molar-refractivity contribution is -0.132. The van der Waals surface area contributed by atoms with Gasteiger partial charge in [0.2, 0.25) is 5.91 Å². The molecule has 0 spiro atoms. The number of anilines is 1. The monoisotopic (exact) mass is 462 g/mol. The maximum Gasteiger partial charge on any atom is 0.223 e. The van der Waals surface area contributed by atoms with Gasteiger partial charge in [-0.05, 0) is 36.8 Å². The van der Waals surface area contributed by atoms with E-state index in [1.807, 2.05) is 34.7 Å². The van der Waals surface area contributed by atoms with E-state index < -0.39 is 0 Å². The van der Waals surface area contributed by atoms with Crippen LogP contribution in [0.15, 0.2) is 30.3 Å². The predicted molar refractivity (Wildman–Crippen MR) is 137 cm³/mol. The van der Waals surface area contributed by atoms with Crippen LogP contribution in [0.3, 0.4) is 0 Å². The first kappa shape index (κ1) is 24.2. The van der Waals surface area contributed by atoms with Crippen molar-refractivity contribution in [2.75, 3.05) is 31.1 Å².